The molecule has 0 radical (unpaired) electrons. The molecule has 0 spiro atoms. The number of nitrogens with one attached hydrogen (secondary N) is 1. The maximum atomic E-state index is 13.5. The molecule has 0 amide bonds. The Bertz CT molecular complexity index is 1370. The van der Waals surface area contributed by atoms with Gasteiger partial charge in [-0.05, 0) is 43.3 Å². The number of nitriles is 1. The number of carbonyl (C=O) groups excluding carboxylic acids is 1. The van der Waals surface area contributed by atoms with Gasteiger partial charge in [0.15, 0.2) is 5.78 Å². The number of imidazole rings is 1. The minimum absolute atomic E-state index is 0.0590. The molecular formula is C23H18N4O3S. The largest absolute Gasteiger partial charge is 0.323 e. The summed E-state index contributed by atoms with van der Waals surface area (Å²) in [5.41, 5.74) is 2.89. The molecule has 8 heteroatoms. The van der Waals surface area contributed by atoms with Crippen LogP contribution in [0.1, 0.15) is 21.5 Å². The molecule has 0 saturated carbocycles. The standard InChI is InChI=1S/C23H18N4O3S/c1-16-6-12-19(13-7-16)31(29,30)27(23-25-20-4-2-3-5-21(20)26-23)15-22(28)18-10-8-17(14-24)9-11-18/h2-13H,15H2,1H3,(H,25,26). The first-order valence-electron chi connectivity index (χ1n) is 9.46. The summed E-state index contributed by atoms with van der Waals surface area (Å²) in [6.07, 6.45) is 0. The molecule has 1 N–H and O–H groups in total. The molecule has 1 heterocycles. The van der Waals surface area contributed by atoms with Crippen LogP contribution in [0.25, 0.3) is 11.0 Å². The molecule has 154 valence electrons. The van der Waals surface area contributed by atoms with Crippen LogP contribution in [0, 0.1) is 18.3 Å². The monoisotopic (exact) mass is 430 g/mol. The third-order valence-electron chi connectivity index (χ3n) is 4.85. The highest BCUT2D eigenvalue weighted by Gasteiger charge is 2.30. The average Bonchev–Trinajstić information content (AvgIpc) is 3.21. The van der Waals surface area contributed by atoms with E-state index in [-0.39, 0.29) is 10.8 Å². The number of Topliss-reactive ketones (excluding diaryl/α,β-unsaturated/α-hetero) is 1. The number of sulfonamides is 1. The molecule has 0 aliphatic carbocycles. The highest BCUT2D eigenvalue weighted by molar-refractivity contribution is 7.92. The summed E-state index contributed by atoms with van der Waals surface area (Å²) in [5.74, 6) is -0.357. The third-order valence-corrected chi connectivity index (χ3v) is 6.60. The molecular weight excluding hydrogens is 412 g/mol. The maximum Gasteiger partial charge on any atom is 0.267 e. The Kier molecular flexibility index (Phi) is 5.28. The van der Waals surface area contributed by atoms with Gasteiger partial charge in [0.25, 0.3) is 10.0 Å². The number of aromatic amines is 1. The van der Waals surface area contributed by atoms with E-state index >= 15 is 0 Å². The van der Waals surface area contributed by atoms with Gasteiger partial charge in [0, 0.05) is 5.56 Å². The molecule has 0 unspecified atom stereocenters. The Morgan fingerprint density at radius 3 is 2.35 bits per heavy atom. The summed E-state index contributed by atoms with van der Waals surface area (Å²) in [4.78, 5) is 20.4. The molecule has 3 aromatic carbocycles. The number of benzene rings is 3. The molecule has 4 rings (SSSR count). The van der Waals surface area contributed by atoms with Crippen LogP contribution in [0.15, 0.2) is 77.7 Å². The average molecular weight is 430 g/mol. The van der Waals surface area contributed by atoms with Gasteiger partial charge in [-0.1, -0.05) is 42.0 Å². The lowest BCUT2D eigenvalue weighted by atomic mass is 10.1. The molecule has 0 aliphatic heterocycles. The first kappa shape index (κ1) is 20.3. The van der Waals surface area contributed by atoms with Crippen LogP contribution in [-0.4, -0.2) is 30.7 Å². The number of carbonyl (C=O) groups is 1. The van der Waals surface area contributed by atoms with Gasteiger partial charge >= 0.3 is 0 Å². The van der Waals surface area contributed by atoms with Crippen LogP contribution in [0.5, 0.6) is 0 Å². The van der Waals surface area contributed by atoms with Gasteiger partial charge in [-0.3, -0.25) is 4.79 Å². The lowest BCUT2D eigenvalue weighted by molar-refractivity contribution is 0.100. The highest BCUT2D eigenvalue weighted by Crippen LogP contribution is 2.25. The molecule has 0 atom stereocenters. The van der Waals surface area contributed by atoms with Crippen molar-refractivity contribution in [3.05, 3.63) is 89.5 Å². The quantitative estimate of drug-likeness (QED) is 0.468. The summed E-state index contributed by atoms with van der Waals surface area (Å²) in [5, 5.41) is 8.95. The van der Waals surface area contributed by atoms with Crippen LogP contribution >= 0.6 is 0 Å². The first-order chi connectivity index (χ1) is 14.9. The van der Waals surface area contributed by atoms with Crippen LogP contribution in [0.3, 0.4) is 0 Å². The fourth-order valence-electron chi connectivity index (χ4n) is 3.12. The Labute approximate surface area is 179 Å². The fraction of sp³-hybridized carbons (Fsp3) is 0.0870. The Balaban J connectivity index is 1.77. The van der Waals surface area contributed by atoms with Crippen molar-refractivity contribution in [2.75, 3.05) is 10.8 Å². The van der Waals surface area contributed by atoms with Crippen molar-refractivity contribution >= 4 is 32.8 Å². The zero-order chi connectivity index (χ0) is 22.0. The summed E-state index contributed by atoms with van der Waals surface area (Å²) in [6.45, 7) is 1.42. The van der Waals surface area contributed by atoms with Gasteiger partial charge in [-0.15, -0.1) is 0 Å². The van der Waals surface area contributed by atoms with E-state index in [0.29, 0.717) is 22.2 Å². The number of para-hydroxylation sites is 2. The van der Waals surface area contributed by atoms with E-state index in [2.05, 4.69) is 9.97 Å². The molecule has 0 aliphatic rings. The number of fused-ring (bicyclic) bond motifs is 1. The summed E-state index contributed by atoms with van der Waals surface area (Å²) < 4.78 is 27.9. The van der Waals surface area contributed by atoms with Crippen molar-refractivity contribution < 1.29 is 13.2 Å². The number of aryl methyl sites for hydroxylation is 1. The van der Waals surface area contributed by atoms with Crippen molar-refractivity contribution in [2.24, 2.45) is 0 Å². The smallest absolute Gasteiger partial charge is 0.267 e. The van der Waals surface area contributed by atoms with E-state index in [0.717, 1.165) is 9.87 Å². The van der Waals surface area contributed by atoms with Crippen molar-refractivity contribution in [3.8, 4) is 6.07 Å². The Morgan fingerprint density at radius 2 is 1.71 bits per heavy atom. The zero-order valence-corrected chi connectivity index (χ0v) is 17.4. The van der Waals surface area contributed by atoms with Crippen LogP contribution in [-0.2, 0) is 10.0 Å². The minimum atomic E-state index is -4.07. The number of aromatic nitrogens is 2. The lowest BCUT2D eigenvalue weighted by Gasteiger charge is -2.21. The predicted molar refractivity (Wildman–Crippen MR) is 117 cm³/mol. The highest BCUT2D eigenvalue weighted by atomic mass is 32.2. The number of nitrogens with zero attached hydrogens (tertiary/aromatic N) is 3. The summed E-state index contributed by atoms with van der Waals surface area (Å²) >= 11 is 0. The molecule has 1 aromatic heterocycles. The molecule has 0 bridgehead atoms. The van der Waals surface area contributed by atoms with Crippen LogP contribution in [0.2, 0.25) is 0 Å². The van der Waals surface area contributed by atoms with E-state index in [1.165, 1.54) is 36.4 Å². The van der Waals surface area contributed by atoms with Gasteiger partial charge in [0.1, 0.15) is 6.54 Å². The van der Waals surface area contributed by atoms with Gasteiger partial charge in [-0.2, -0.15) is 5.26 Å². The maximum absolute atomic E-state index is 13.5. The van der Waals surface area contributed by atoms with E-state index in [4.69, 9.17) is 5.26 Å². The topological polar surface area (TPSA) is 107 Å². The second-order valence-electron chi connectivity index (χ2n) is 7.01. The Hall–Kier alpha value is -3.96. The SMILES string of the molecule is Cc1ccc(S(=O)(=O)N(CC(=O)c2ccc(C#N)cc2)c2nc3ccccc3[nH]2)cc1. The third kappa shape index (κ3) is 4.04. The van der Waals surface area contributed by atoms with Gasteiger partial charge in [0.05, 0.1) is 27.6 Å². The summed E-state index contributed by atoms with van der Waals surface area (Å²) in [6, 6.07) is 21.6. The Morgan fingerprint density at radius 1 is 1.03 bits per heavy atom. The summed E-state index contributed by atoms with van der Waals surface area (Å²) in [7, 11) is -4.07. The van der Waals surface area contributed by atoms with Crippen LogP contribution in [0.4, 0.5) is 5.95 Å². The number of rotatable bonds is 6. The molecule has 7 nitrogen and oxygen atoms in total. The molecule has 0 fully saturated rings. The zero-order valence-electron chi connectivity index (χ0n) is 16.6. The number of anilines is 1. The fourth-order valence-corrected chi connectivity index (χ4v) is 4.46. The second kappa shape index (κ2) is 8.05. The molecule has 0 saturated heterocycles. The van der Waals surface area contributed by atoms with Crippen molar-refractivity contribution in [1.29, 1.82) is 5.26 Å². The minimum Gasteiger partial charge on any atom is -0.323 e. The van der Waals surface area contributed by atoms with Crippen molar-refractivity contribution in [2.45, 2.75) is 11.8 Å². The van der Waals surface area contributed by atoms with E-state index in [1.807, 2.05) is 19.1 Å². The predicted octanol–water partition coefficient (Wildman–Crippen LogP) is 3.82. The molecule has 31 heavy (non-hydrogen) atoms. The molecule has 4 aromatic rings. The second-order valence-corrected chi connectivity index (χ2v) is 8.88. The normalized spacial score (nSPS) is 11.2. The van der Waals surface area contributed by atoms with Crippen molar-refractivity contribution in [3.63, 3.8) is 0 Å². The number of hydrogen-bond acceptors (Lipinski definition) is 5. The van der Waals surface area contributed by atoms with Crippen molar-refractivity contribution in [1.82, 2.24) is 9.97 Å². The van der Waals surface area contributed by atoms with E-state index < -0.39 is 22.4 Å². The number of ketones is 1. The number of hydrogen-bond donors (Lipinski definition) is 1. The lowest BCUT2D eigenvalue weighted by Crippen LogP contribution is -2.36. The van der Waals surface area contributed by atoms with E-state index in [1.54, 1.807) is 30.3 Å². The van der Waals surface area contributed by atoms with E-state index in [9.17, 15) is 13.2 Å². The first-order valence-corrected chi connectivity index (χ1v) is 10.9. The van der Waals surface area contributed by atoms with Crippen LogP contribution < -0.4 is 4.31 Å². The van der Waals surface area contributed by atoms with Gasteiger partial charge < -0.3 is 4.98 Å². The van der Waals surface area contributed by atoms with Gasteiger partial charge in [-0.25, -0.2) is 17.7 Å². The van der Waals surface area contributed by atoms with Gasteiger partial charge in [0.2, 0.25) is 5.95 Å². The number of H-pyrrole nitrogens is 1.